The van der Waals surface area contributed by atoms with E-state index in [2.05, 4.69) is 5.32 Å². The van der Waals surface area contributed by atoms with Gasteiger partial charge in [0.15, 0.2) is 0 Å². The average Bonchev–Trinajstić information content (AvgIpc) is 2.14. The van der Waals surface area contributed by atoms with Crippen LogP contribution in [0, 0.1) is 0 Å². The van der Waals surface area contributed by atoms with Crippen molar-refractivity contribution in [3.05, 3.63) is 0 Å². The van der Waals surface area contributed by atoms with Crippen LogP contribution in [0.4, 0.5) is 0 Å². The van der Waals surface area contributed by atoms with E-state index in [1.54, 1.807) is 7.11 Å². The molecule has 13 heavy (non-hydrogen) atoms. The number of rotatable bonds is 5. The molecule has 0 spiro atoms. The first kappa shape index (κ1) is 13.2. The predicted molar refractivity (Wildman–Crippen MR) is 55.6 cm³/mol. The maximum atomic E-state index is 5.66. The molecule has 1 rings (SSSR count). The van der Waals surface area contributed by atoms with Crippen molar-refractivity contribution in [3.63, 3.8) is 0 Å². The van der Waals surface area contributed by atoms with Crippen LogP contribution in [0.5, 0.6) is 0 Å². The van der Waals surface area contributed by atoms with Crippen LogP contribution in [-0.4, -0.2) is 39.5 Å². The van der Waals surface area contributed by atoms with Crippen molar-refractivity contribution in [2.45, 2.75) is 25.4 Å². The molecule has 3 nitrogen and oxygen atoms in total. The van der Waals surface area contributed by atoms with Crippen LogP contribution in [0.15, 0.2) is 0 Å². The topological polar surface area (TPSA) is 30.5 Å². The van der Waals surface area contributed by atoms with Gasteiger partial charge in [-0.1, -0.05) is 0 Å². The summed E-state index contributed by atoms with van der Waals surface area (Å²) in [5.41, 5.74) is 0. The summed E-state index contributed by atoms with van der Waals surface area (Å²) < 4.78 is 10.6. The molecule has 0 aromatic rings. The van der Waals surface area contributed by atoms with E-state index in [1.165, 1.54) is 0 Å². The summed E-state index contributed by atoms with van der Waals surface area (Å²) in [4.78, 5) is 0. The highest BCUT2D eigenvalue weighted by atomic mass is 35.5. The maximum absolute atomic E-state index is 5.66. The summed E-state index contributed by atoms with van der Waals surface area (Å²) in [5.74, 6) is 0. The smallest absolute Gasteiger partial charge is 0.0599 e. The number of piperidine rings is 1. The highest BCUT2D eigenvalue weighted by molar-refractivity contribution is 5.85. The Kier molecular flexibility index (Phi) is 8.87. The molecule has 0 radical (unpaired) electrons. The minimum atomic E-state index is 0. The second kappa shape index (κ2) is 8.75. The lowest BCUT2D eigenvalue weighted by atomic mass is 10.1. The summed E-state index contributed by atoms with van der Waals surface area (Å²) in [6.45, 7) is 3.87. The van der Waals surface area contributed by atoms with Crippen LogP contribution < -0.4 is 5.32 Å². The summed E-state index contributed by atoms with van der Waals surface area (Å²) in [5, 5.41) is 3.31. The van der Waals surface area contributed by atoms with Crippen LogP contribution in [-0.2, 0) is 9.47 Å². The highest BCUT2D eigenvalue weighted by Gasteiger charge is 2.12. The minimum Gasteiger partial charge on any atom is -0.385 e. The zero-order chi connectivity index (χ0) is 8.65. The number of hydrogen-bond acceptors (Lipinski definition) is 3. The molecule has 0 aliphatic carbocycles. The van der Waals surface area contributed by atoms with Gasteiger partial charge in [-0.25, -0.2) is 0 Å². The second-order valence-electron chi connectivity index (χ2n) is 3.17. The Balaban J connectivity index is 0.00000144. The van der Waals surface area contributed by atoms with Crippen molar-refractivity contribution in [1.29, 1.82) is 0 Å². The van der Waals surface area contributed by atoms with E-state index in [0.29, 0.717) is 6.10 Å². The first-order valence-electron chi connectivity index (χ1n) is 4.74. The van der Waals surface area contributed by atoms with Crippen molar-refractivity contribution >= 4 is 12.4 Å². The van der Waals surface area contributed by atoms with E-state index in [1.807, 2.05) is 0 Å². The molecular formula is C9H20ClNO2. The monoisotopic (exact) mass is 209 g/mol. The molecule has 1 saturated heterocycles. The van der Waals surface area contributed by atoms with Crippen LogP contribution in [0.1, 0.15) is 19.3 Å². The average molecular weight is 210 g/mol. The largest absolute Gasteiger partial charge is 0.385 e. The SMILES string of the molecule is COCCCOC1CCNCC1.Cl. The third-order valence-corrected chi connectivity index (χ3v) is 2.13. The van der Waals surface area contributed by atoms with Crippen molar-refractivity contribution in [2.75, 3.05) is 33.4 Å². The summed E-state index contributed by atoms with van der Waals surface area (Å²) in [7, 11) is 1.73. The normalized spacial score (nSPS) is 18.2. The van der Waals surface area contributed by atoms with Gasteiger partial charge in [0.05, 0.1) is 6.10 Å². The Morgan fingerprint density at radius 1 is 1.23 bits per heavy atom. The molecule has 1 fully saturated rings. The van der Waals surface area contributed by atoms with E-state index in [4.69, 9.17) is 9.47 Å². The lowest BCUT2D eigenvalue weighted by Crippen LogP contribution is -2.32. The molecule has 1 aliphatic heterocycles. The van der Waals surface area contributed by atoms with Crippen LogP contribution in [0.3, 0.4) is 0 Å². The first-order chi connectivity index (χ1) is 5.93. The lowest BCUT2D eigenvalue weighted by molar-refractivity contribution is 0.0222. The molecule has 1 aliphatic rings. The minimum absolute atomic E-state index is 0. The van der Waals surface area contributed by atoms with E-state index in [0.717, 1.165) is 45.6 Å². The molecule has 0 aromatic carbocycles. The van der Waals surface area contributed by atoms with Gasteiger partial charge >= 0.3 is 0 Å². The van der Waals surface area contributed by atoms with Crippen molar-refractivity contribution < 1.29 is 9.47 Å². The third kappa shape index (κ3) is 6.27. The van der Waals surface area contributed by atoms with E-state index in [-0.39, 0.29) is 12.4 Å². The molecule has 0 amide bonds. The van der Waals surface area contributed by atoms with Crippen LogP contribution in [0.2, 0.25) is 0 Å². The Morgan fingerprint density at radius 3 is 2.54 bits per heavy atom. The Hall–Kier alpha value is 0.170. The molecule has 1 heterocycles. The Labute approximate surface area is 86.6 Å². The Morgan fingerprint density at radius 2 is 1.92 bits per heavy atom. The quantitative estimate of drug-likeness (QED) is 0.691. The molecule has 0 bridgehead atoms. The predicted octanol–water partition coefficient (Wildman–Crippen LogP) is 1.21. The number of ether oxygens (including phenoxy) is 2. The van der Waals surface area contributed by atoms with Crippen molar-refractivity contribution in [3.8, 4) is 0 Å². The van der Waals surface area contributed by atoms with Gasteiger partial charge in [0.1, 0.15) is 0 Å². The molecule has 0 atom stereocenters. The first-order valence-corrected chi connectivity index (χ1v) is 4.74. The number of nitrogens with one attached hydrogen (secondary N) is 1. The van der Waals surface area contributed by atoms with Gasteiger partial charge in [0.25, 0.3) is 0 Å². The summed E-state index contributed by atoms with van der Waals surface area (Å²) >= 11 is 0. The van der Waals surface area contributed by atoms with Crippen LogP contribution >= 0.6 is 12.4 Å². The van der Waals surface area contributed by atoms with Gasteiger partial charge < -0.3 is 14.8 Å². The van der Waals surface area contributed by atoms with E-state index < -0.39 is 0 Å². The van der Waals surface area contributed by atoms with Crippen molar-refractivity contribution in [2.24, 2.45) is 0 Å². The van der Waals surface area contributed by atoms with Gasteiger partial charge in [0.2, 0.25) is 0 Å². The third-order valence-electron chi connectivity index (χ3n) is 2.13. The summed E-state index contributed by atoms with van der Waals surface area (Å²) in [6.07, 6.45) is 3.82. The highest BCUT2D eigenvalue weighted by Crippen LogP contribution is 2.07. The van der Waals surface area contributed by atoms with Gasteiger partial charge in [-0.3, -0.25) is 0 Å². The van der Waals surface area contributed by atoms with E-state index in [9.17, 15) is 0 Å². The Bertz CT molecular complexity index is 108. The van der Waals surface area contributed by atoms with Gasteiger partial charge in [-0.15, -0.1) is 12.4 Å². The molecule has 0 aromatic heterocycles. The fourth-order valence-corrected chi connectivity index (χ4v) is 1.42. The molecule has 4 heteroatoms. The zero-order valence-electron chi connectivity index (χ0n) is 8.25. The van der Waals surface area contributed by atoms with Crippen LogP contribution in [0.25, 0.3) is 0 Å². The second-order valence-corrected chi connectivity index (χ2v) is 3.17. The number of methoxy groups -OCH3 is 1. The van der Waals surface area contributed by atoms with Gasteiger partial charge in [-0.05, 0) is 32.4 Å². The standard InChI is InChI=1S/C9H19NO2.ClH/c1-11-7-2-8-12-9-3-5-10-6-4-9;/h9-10H,2-8H2,1H3;1H. The number of halogens is 1. The fourth-order valence-electron chi connectivity index (χ4n) is 1.42. The fraction of sp³-hybridized carbons (Fsp3) is 1.00. The molecular weight excluding hydrogens is 190 g/mol. The van der Waals surface area contributed by atoms with E-state index >= 15 is 0 Å². The lowest BCUT2D eigenvalue weighted by Gasteiger charge is -2.22. The molecule has 1 N–H and O–H groups in total. The molecule has 0 saturated carbocycles. The van der Waals surface area contributed by atoms with Gasteiger partial charge in [0, 0.05) is 20.3 Å². The maximum Gasteiger partial charge on any atom is 0.0599 e. The summed E-state index contributed by atoms with van der Waals surface area (Å²) in [6, 6.07) is 0. The van der Waals surface area contributed by atoms with Gasteiger partial charge in [-0.2, -0.15) is 0 Å². The zero-order valence-corrected chi connectivity index (χ0v) is 9.07. The molecule has 0 unspecified atom stereocenters. The number of hydrogen-bond donors (Lipinski definition) is 1. The van der Waals surface area contributed by atoms with Crippen molar-refractivity contribution in [1.82, 2.24) is 5.32 Å². The molecule has 80 valence electrons.